The second-order valence-corrected chi connectivity index (χ2v) is 7.19. The molecule has 5 heteroatoms. The van der Waals surface area contributed by atoms with Gasteiger partial charge in [-0.25, -0.2) is 0 Å². The zero-order chi connectivity index (χ0) is 7.66. The molecule has 0 radical (unpaired) electrons. The molecule has 62 valence electrons. The average Bonchev–Trinajstić information content (AvgIpc) is 1.97. The topological polar surface area (TPSA) is 0 Å². The van der Waals surface area contributed by atoms with Crippen LogP contribution in [0.3, 0.4) is 0 Å². The Bertz CT molecular complexity index is 50.0. The molecule has 0 aliphatic carbocycles. The van der Waals surface area contributed by atoms with Gasteiger partial charge in [0, 0.05) is 10.8 Å². The summed E-state index contributed by atoms with van der Waals surface area (Å²) in [4.78, 5) is 0. The zero-order valence-corrected chi connectivity index (χ0v) is 10.1. The minimum Gasteiger partial charge on any atom is -0.155 e. The van der Waals surface area contributed by atoms with Crippen LogP contribution < -0.4 is 0 Å². The summed E-state index contributed by atoms with van der Waals surface area (Å²) in [6.07, 6.45) is 3.45. The third-order valence-electron chi connectivity index (χ3n) is 0.770. The van der Waals surface area contributed by atoms with Crippen LogP contribution >= 0.6 is 55.8 Å². The van der Waals surface area contributed by atoms with E-state index in [1.54, 1.807) is 9.83 Å². The molecule has 0 atom stereocenters. The largest absolute Gasteiger partial charge is 0.155 e. The lowest BCUT2D eigenvalue weighted by Crippen LogP contribution is -1.81. The van der Waals surface area contributed by atoms with E-state index in [1.807, 2.05) is 34.3 Å². The van der Waals surface area contributed by atoms with Crippen LogP contribution in [0.25, 0.3) is 0 Å². The van der Waals surface area contributed by atoms with Crippen LogP contribution in [-0.2, 0) is 0 Å². The molecule has 0 spiro atoms. The Kier molecular flexibility index (Phi) is 12.6. The summed E-state index contributed by atoms with van der Waals surface area (Å²) in [7, 11) is 3.39. The van der Waals surface area contributed by atoms with Crippen LogP contribution in [0.5, 0.6) is 0 Å². The number of hydrogen-bond acceptors (Lipinski definition) is 5. The minimum atomic E-state index is 1.23. The van der Waals surface area contributed by atoms with Crippen molar-refractivity contribution in [1.82, 2.24) is 0 Å². The first-order chi connectivity index (χ1) is 4.91. The molecule has 0 nitrogen and oxygen atoms in total. The molecule has 0 bridgehead atoms. The van der Waals surface area contributed by atoms with E-state index < -0.39 is 0 Å². The maximum atomic E-state index is 4.03. The van der Waals surface area contributed by atoms with Crippen molar-refractivity contribution >= 4 is 55.8 Å². The number of thioether (sulfide) groups is 2. The van der Waals surface area contributed by atoms with Crippen molar-refractivity contribution in [3.8, 4) is 0 Å². The van der Waals surface area contributed by atoms with Crippen LogP contribution in [0.2, 0.25) is 0 Å². The molecular formula is C5H12S5. The molecule has 0 heterocycles. The summed E-state index contributed by atoms with van der Waals surface area (Å²) in [5.74, 6) is 2.53. The Hall–Kier alpha value is 1.75. The van der Waals surface area contributed by atoms with Crippen LogP contribution in [-0.4, -0.2) is 22.8 Å². The molecule has 0 saturated carbocycles. The lowest BCUT2D eigenvalue weighted by atomic mass is 10.6. The van der Waals surface area contributed by atoms with Gasteiger partial charge in [0.25, 0.3) is 0 Å². The minimum absolute atomic E-state index is 1.23. The van der Waals surface area contributed by atoms with Crippen molar-refractivity contribution in [2.75, 3.05) is 22.8 Å². The molecule has 0 aromatic rings. The molecule has 0 aliphatic rings. The molecule has 0 aromatic carbocycles. The van der Waals surface area contributed by atoms with E-state index in [0.717, 1.165) is 0 Å². The maximum Gasteiger partial charge on any atom is 0.0389 e. The fourth-order valence-corrected chi connectivity index (χ4v) is 3.65. The number of rotatable bonds is 7. The molecule has 0 aromatic heterocycles. The Morgan fingerprint density at radius 3 is 2.70 bits per heavy atom. The molecule has 0 N–H and O–H groups in total. The molecule has 10 heavy (non-hydrogen) atoms. The van der Waals surface area contributed by atoms with Crippen molar-refractivity contribution in [3.63, 3.8) is 0 Å². The highest BCUT2D eigenvalue weighted by atomic mass is 33.5. The first-order valence-corrected chi connectivity index (χ1v) is 8.83. The molecule has 0 fully saturated rings. The fraction of sp³-hybridized carbons (Fsp3) is 1.00. The van der Waals surface area contributed by atoms with Gasteiger partial charge in [-0.15, -0.1) is 0 Å². The van der Waals surface area contributed by atoms with Crippen LogP contribution in [0.1, 0.15) is 6.42 Å². The summed E-state index contributed by atoms with van der Waals surface area (Å²) < 4.78 is 0. The van der Waals surface area contributed by atoms with Crippen molar-refractivity contribution in [1.29, 1.82) is 0 Å². The molecule has 0 unspecified atom stereocenters. The molecule has 0 aliphatic heterocycles. The first-order valence-electron chi connectivity index (χ1n) is 2.91. The summed E-state index contributed by atoms with van der Waals surface area (Å²) >= 11 is 7.95. The molecule has 0 amide bonds. The van der Waals surface area contributed by atoms with Gasteiger partial charge in [0.1, 0.15) is 0 Å². The smallest absolute Gasteiger partial charge is 0.0389 e. The molecule has 0 saturated heterocycles. The van der Waals surface area contributed by atoms with Crippen molar-refractivity contribution in [2.45, 2.75) is 6.42 Å². The summed E-state index contributed by atoms with van der Waals surface area (Å²) in [6, 6.07) is 0. The average molecular weight is 232 g/mol. The second-order valence-electron chi connectivity index (χ2n) is 1.56. The SMILES string of the molecule is CSCSCCCSSS. The molecular weight excluding hydrogens is 220 g/mol. The predicted molar refractivity (Wildman–Crippen MR) is 64.5 cm³/mol. The maximum absolute atomic E-state index is 4.03. The van der Waals surface area contributed by atoms with Crippen LogP contribution in [0.15, 0.2) is 0 Å². The lowest BCUT2D eigenvalue weighted by Gasteiger charge is -1.96. The van der Waals surface area contributed by atoms with E-state index in [4.69, 9.17) is 0 Å². The van der Waals surface area contributed by atoms with E-state index in [9.17, 15) is 0 Å². The Balaban J connectivity index is 2.65. The van der Waals surface area contributed by atoms with E-state index in [-0.39, 0.29) is 0 Å². The van der Waals surface area contributed by atoms with E-state index >= 15 is 0 Å². The Morgan fingerprint density at radius 1 is 1.30 bits per heavy atom. The Morgan fingerprint density at radius 2 is 2.10 bits per heavy atom. The third-order valence-corrected chi connectivity index (χ3v) is 5.28. The fourth-order valence-electron chi connectivity index (χ4n) is 0.399. The van der Waals surface area contributed by atoms with Gasteiger partial charge < -0.3 is 0 Å². The van der Waals surface area contributed by atoms with Gasteiger partial charge in [-0.1, -0.05) is 22.5 Å². The molecule has 0 rings (SSSR count). The van der Waals surface area contributed by atoms with Gasteiger partial charge in [-0.3, -0.25) is 0 Å². The monoisotopic (exact) mass is 232 g/mol. The van der Waals surface area contributed by atoms with Gasteiger partial charge in [0.05, 0.1) is 0 Å². The highest BCUT2D eigenvalue weighted by Crippen LogP contribution is 2.25. The Labute approximate surface area is 84.6 Å². The normalized spacial score (nSPS) is 10.2. The first kappa shape index (κ1) is 11.8. The highest BCUT2D eigenvalue weighted by Gasteiger charge is 1.88. The predicted octanol–water partition coefficient (Wildman–Crippen LogP) is 3.66. The van der Waals surface area contributed by atoms with E-state index in [2.05, 4.69) is 17.9 Å². The van der Waals surface area contributed by atoms with E-state index in [0.29, 0.717) is 0 Å². The van der Waals surface area contributed by atoms with Crippen LogP contribution in [0.4, 0.5) is 0 Å². The second kappa shape index (κ2) is 10.8. The third kappa shape index (κ3) is 9.75. The zero-order valence-electron chi connectivity index (χ0n) is 5.91. The number of hydrogen-bond donors (Lipinski definition) is 1. The summed E-state index contributed by atoms with van der Waals surface area (Å²) in [5.41, 5.74) is 0. The van der Waals surface area contributed by atoms with Gasteiger partial charge in [0.2, 0.25) is 0 Å². The lowest BCUT2D eigenvalue weighted by molar-refractivity contribution is 1.13. The van der Waals surface area contributed by atoms with Gasteiger partial charge in [-0.2, -0.15) is 23.5 Å². The van der Waals surface area contributed by atoms with Gasteiger partial charge in [0.15, 0.2) is 0 Å². The van der Waals surface area contributed by atoms with Crippen LogP contribution in [0, 0.1) is 0 Å². The number of thiol groups is 1. The van der Waals surface area contributed by atoms with Crippen molar-refractivity contribution in [3.05, 3.63) is 0 Å². The van der Waals surface area contributed by atoms with Crippen molar-refractivity contribution < 1.29 is 0 Å². The van der Waals surface area contributed by atoms with E-state index in [1.165, 1.54) is 23.0 Å². The van der Waals surface area contributed by atoms with Crippen molar-refractivity contribution in [2.24, 2.45) is 0 Å². The standard InChI is InChI=1S/C5H12S5/c1-7-5-8-3-2-4-9-10-6/h6H,2-5H2,1H3. The highest BCUT2D eigenvalue weighted by molar-refractivity contribution is 9.05. The van der Waals surface area contributed by atoms with Gasteiger partial charge in [-0.05, 0) is 28.3 Å². The van der Waals surface area contributed by atoms with Gasteiger partial charge >= 0.3 is 0 Å². The summed E-state index contributed by atoms with van der Waals surface area (Å²) in [6.45, 7) is 0. The quantitative estimate of drug-likeness (QED) is 0.308. The summed E-state index contributed by atoms with van der Waals surface area (Å²) in [5, 5.41) is 1.23.